The molecule has 176 valence electrons. The van der Waals surface area contributed by atoms with Crippen LogP contribution < -0.4 is 15.0 Å². The summed E-state index contributed by atoms with van der Waals surface area (Å²) in [4.78, 5) is 20.1. The van der Waals surface area contributed by atoms with Crippen molar-refractivity contribution in [2.45, 2.75) is 39.7 Å². The Hall–Kier alpha value is -3.39. The molecule has 0 atom stereocenters. The molecule has 0 spiro atoms. The number of piperidine rings is 1. The van der Waals surface area contributed by atoms with Crippen LogP contribution in [0.1, 0.15) is 41.4 Å². The summed E-state index contributed by atoms with van der Waals surface area (Å²) < 4.78 is 8.69. The molecule has 1 amide bonds. The van der Waals surface area contributed by atoms with Crippen molar-refractivity contribution in [1.82, 2.24) is 20.1 Å². The van der Waals surface area contributed by atoms with Gasteiger partial charge in [-0.05, 0) is 63.4 Å². The van der Waals surface area contributed by atoms with Crippen molar-refractivity contribution in [3.63, 3.8) is 0 Å². The first-order valence-corrected chi connectivity index (χ1v) is 12.6. The number of benzene rings is 2. The van der Waals surface area contributed by atoms with Crippen LogP contribution in [0.3, 0.4) is 0 Å². The fourth-order valence-electron chi connectivity index (χ4n) is 4.41. The smallest absolute Gasteiger partial charge is 0.255 e. The van der Waals surface area contributed by atoms with Crippen molar-refractivity contribution in [2.24, 2.45) is 0 Å². The average Bonchev–Trinajstić information content (AvgIpc) is 3.41. The molecule has 34 heavy (non-hydrogen) atoms. The summed E-state index contributed by atoms with van der Waals surface area (Å²) in [6.07, 6.45) is 1.75. The van der Waals surface area contributed by atoms with Crippen LogP contribution in [0, 0.1) is 13.8 Å². The third-order valence-electron chi connectivity index (χ3n) is 6.16. The van der Waals surface area contributed by atoms with E-state index in [-0.39, 0.29) is 11.9 Å². The van der Waals surface area contributed by atoms with Crippen LogP contribution >= 0.6 is 11.3 Å². The molecule has 7 nitrogen and oxygen atoms in total. The highest BCUT2D eigenvalue weighted by molar-refractivity contribution is 7.22. The predicted molar refractivity (Wildman–Crippen MR) is 137 cm³/mol. The lowest BCUT2D eigenvalue weighted by Crippen LogP contribution is -2.44. The minimum absolute atomic E-state index is 0.0728. The first-order chi connectivity index (χ1) is 16.5. The standard InChI is InChI=1S/C26H29N5O2S/c1-4-33-22-11-6-5-10-21(22)25(32)27-19-12-14-30(15-13-19)26-28-24-23(34-26)18(3)29-31(24)20-9-7-8-17(2)16-20/h5-11,16,19H,4,12-15H2,1-3H3,(H,27,32). The van der Waals surface area contributed by atoms with Crippen LogP contribution in [0.15, 0.2) is 48.5 Å². The van der Waals surface area contributed by atoms with E-state index in [2.05, 4.69) is 35.3 Å². The van der Waals surface area contributed by atoms with E-state index in [9.17, 15) is 4.79 Å². The van der Waals surface area contributed by atoms with Gasteiger partial charge in [-0.1, -0.05) is 35.6 Å². The summed E-state index contributed by atoms with van der Waals surface area (Å²) in [5.74, 6) is 0.559. The van der Waals surface area contributed by atoms with Gasteiger partial charge < -0.3 is 15.0 Å². The van der Waals surface area contributed by atoms with Gasteiger partial charge in [-0.3, -0.25) is 4.79 Å². The van der Waals surface area contributed by atoms with E-state index in [1.165, 1.54) is 5.56 Å². The van der Waals surface area contributed by atoms with Gasteiger partial charge in [0.1, 0.15) is 5.75 Å². The Balaban J connectivity index is 1.27. The number of anilines is 1. The molecule has 2 aromatic carbocycles. The molecule has 4 aromatic rings. The normalized spacial score (nSPS) is 14.5. The second kappa shape index (κ2) is 9.46. The zero-order valence-electron chi connectivity index (χ0n) is 19.7. The Bertz CT molecular complexity index is 1320. The van der Waals surface area contributed by atoms with E-state index in [1.807, 2.05) is 48.9 Å². The lowest BCUT2D eigenvalue weighted by molar-refractivity contribution is 0.0927. The highest BCUT2D eigenvalue weighted by atomic mass is 32.1. The molecule has 0 radical (unpaired) electrons. The molecular weight excluding hydrogens is 446 g/mol. The number of nitrogens with one attached hydrogen (secondary N) is 1. The molecule has 1 N–H and O–H groups in total. The Labute approximate surface area is 203 Å². The molecule has 3 heterocycles. The Morgan fingerprint density at radius 1 is 1.15 bits per heavy atom. The maximum Gasteiger partial charge on any atom is 0.255 e. The Morgan fingerprint density at radius 3 is 2.71 bits per heavy atom. The van der Waals surface area contributed by atoms with Crippen molar-refractivity contribution >= 4 is 32.7 Å². The third kappa shape index (κ3) is 4.37. The molecular formula is C26H29N5O2S. The number of nitrogens with zero attached hydrogens (tertiary/aromatic N) is 4. The number of hydrogen-bond donors (Lipinski definition) is 1. The number of thiazole rings is 1. The third-order valence-corrected chi connectivity index (χ3v) is 7.37. The van der Waals surface area contributed by atoms with Gasteiger partial charge >= 0.3 is 0 Å². The second-order valence-electron chi connectivity index (χ2n) is 8.65. The molecule has 2 aromatic heterocycles. The summed E-state index contributed by atoms with van der Waals surface area (Å²) in [7, 11) is 0. The molecule has 1 fully saturated rings. The minimum atomic E-state index is -0.0728. The number of rotatable bonds is 6. The number of aryl methyl sites for hydroxylation is 2. The van der Waals surface area contributed by atoms with Gasteiger partial charge in [-0.15, -0.1) is 0 Å². The summed E-state index contributed by atoms with van der Waals surface area (Å²) in [5.41, 5.74) is 4.72. The van der Waals surface area contributed by atoms with Crippen LogP contribution in [0.25, 0.3) is 16.0 Å². The van der Waals surface area contributed by atoms with Crippen LogP contribution in [0.4, 0.5) is 5.13 Å². The van der Waals surface area contributed by atoms with Crippen molar-refractivity contribution in [2.75, 3.05) is 24.6 Å². The first kappa shape index (κ1) is 22.4. The molecule has 1 aliphatic rings. The second-order valence-corrected chi connectivity index (χ2v) is 9.63. The molecule has 5 rings (SSSR count). The summed E-state index contributed by atoms with van der Waals surface area (Å²) in [6, 6.07) is 15.9. The van der Waals surface area contributed by atoms with Gasteiger partial charge in [-0.25, -0.2) is 4.68 Å². The van der Waals surface area contributed by atoms with Crippen molar-refractivity contribution < 1.29 is 9.53 Å². The molecule has 0 bridgehead atoms. The Kier molecular flexibility index (Phi) is 6.24. The van der Waals surface area contributed by atoms with Gasteiger partial charge in [0, 0.05) is 19.1 Å². The molecule has 1 saturated heterocycles. The van der Waals surface area contributed by atoms with Crippen LogP contribution in [0.2, 0.25) is 0 Å². The maximum atomic E-state index is 12.9. The van der Waals surface area contributed by atoms with E-state index in [0.29, 0.717) is 17.9 Å². The van der Waals surface area contributed by atoms with Crippen LogP contribution in [-0.4, -0.2) is 46.4 Å². The van der Waals surface area contributed by atoms with E-state index in [1.54, 1.807) is 11.3 Å². The number of carbonyl (C=O) groups excluding carboxylic acids is 1. The van der Waals surface area contributed by atoms with Gasteiger partial charge in [-0.2, -0.15) is 10.1 Å². The first-order valence-electron chi connectivity index (χ1n) is 11.7. The molecule has 0 aliphatic carbocycles. The largest absolute Gasteiger partial charge is 0.493 e. The number of para-hydroxylation sites is 1. The fourth-order valence-corrected chi connectivity index (χ4v) is 5.45. The van der Waals surface area contributed by atoms with Gasteiger partial charge in [0.2, 0.25) is 0 Å². The summed E-state index contributed by atoms with van der Waals surface area (Å²) >= 11 is 1.70. The quantitative estimate of drug-likeness (QED) is 0.430. The lowest BCUT2D eigenvalue weighted by Gasteiger charge is -2.32. The predicted octanol–water partition coefficient (Wildman–Crippen LogP) is 4.90. The maximum absolute atomic E-state index is 12.9. The zero-order valence-corrected chi connectivity index (χ0v) is 20.6. The molecule has 8 heteroatoms. The number of hydrogen-bond acceptors (Lipinski definition) is 6. The van der Waals surface area contributed by atoms with Crippen molar-refractivity contribution in [1.29, 1.82) is 0 Å². The molecule has 0 saturated carbocycles. The lowest BCUT2D eigenvalue weighted by atomic mass is 10.0. The van der Waals surface area contributed by atoms with Gasteiger partial charge in [0.25, 0.3) is 5.91 Å². The number of carbonyl (C=O) groups is 1. The van der Waals surface area contributed by atoms with E-state index >= 15 is 0 Å². The van der Waals surface area contributed by atoms with E-state index < -0.39 is 0 Å². The molecule has 0 unspecified atom stereocenters. The van der Waals surface area contributed by atoms with Gasteiger partial charge in [0.05, 0.1) is 28.3 Å². The number of ether oxygens (including phenoxy) is 1. The SMILES string of the molecule is CCOc1ccccc1C(=O)NC1CCN(c2nc3c(s2)c(C)nn3-c2cccc(C)c2)CC1. The number of amides is 1. The minimum Gasteiger partial charge on any atom is -0.493 e. The van der Waals surface area contributed by atoms with E-state index in [4.69, 9.17) is 14.8 Å². The molecule has 1 aliphatic heterocycles. The van der Waals surface area contributed by atoms with Crippen LogP contribution in [0.5, 0.6) is 5.75 Å². The van der Waals surface area contributed by atoms with Crippen LogP contribution in [-0.2, 0) is 0 Å². The average molecular weight is 476 g/mol. The topological polar surface area (TPSA) is 72.3 Å². The Morgan fingerprint density at radius 2 is 1.94 bits per heavy atom. The fraction of sp³-hybridized carbons (Fsp3) is 0.346. The highest BCUT2D eigenvalue weighted by Gasteiger charge is 2.25. The number of fused-ring (bicyclic) bond motifs is 1. The monoisotopic (exact) mass is 475 g/mol. The van der Waals surface area contributed by atoms with Crippen molar-refractivity contribution in [3.05, 3.63) is 65.4 Å². The van der Waals surface area contributed by atoms with Crippen molar-refractivity contribution in [3.8, 4) is 11.4 Å². The highest BCUT2D eigenvalue weighted by Crippen LogP contribution is 2.34. The van der Waals surface area contributed by atoms with E-state index in [0.717, 1.165) is 52.8 Å². The summed E-state index contributed by atoms with van der Waals surface area (Å²) in [6.45, 7) is 8.29. The number of aromatic nitrogens is 3. The zero-order chi connectivity index (χ0) is 23.7. The van der Waals surface area contributed by atoms with Gasteiger partial charge in [0.15, 0.2) is 10.8 Å². The summed E-state index contributed by atoms with van der Waals surface area (Å²) in [5, 5.41) is 8.94.